The smallest absolute Gasteiger partial charge is 0.168 e. The fraction of sp³-hybridized carbons (Fsp3) is 0.368. The molecule has 0 aliphatic rings. The van der Waals surface area contributed by atoms with E-state index in [-0.39, 0.29) is 5.75 Å². The zero-order valence-electron chi connectivity index (χ0n) is 15.6. The third-order valence-electron chi connectivity index (χ3n) is 3.88. The molecule has 0 atom stereocenters. The van der Waals surface area contributed by atoms with Crippen LogP contribution in [0.4, 0.5) is 20.2 Å². The van der Waals surface area contributed by atoms with Crippen molar-refractivity contribution in [2.75, 3.05) is 18.1 Å². The molecule has 7 heteroatoms. The van der Waals surface area contributed by atoms with E-state index in [1.807, 2.05) is 0 Å². The van der Waals surface area contributed by atoms with E-state index in [2.05, 4.69) is 5.32 Å². The van der Waals surface area contributed by atoms with E-state index in [4.69, 9.17) is 20.7 Å². The summed E-state index contributed by atoms with van der Waals surface area (Å²) in [6, 6.07) is 8.05. The minimum absolute atomic E-state index is 0.0438. The molecule has 0 spiro atoms. The van der Waals surface area contributed by atoms with E-state index in [1.54, 1.807) is 52.9 Å². The summed E-state index contributed by atoms with van der Waals surface area (Å²) >= 11 is 0. The van der Waals surface area contributed by atoms with Gasteiger partial charge in [0.2, 0.25) is 0 Å². The Morgan fingerprint density at radius 3 is 1.92 bits per heavy atom. The second kappa shape index (κ2) is 8.33. The molecule has 0 aromatic heterocycles. The number of ether oxygens (including phenoxy) is 1. The molecule has 2 aromatic carbocycles. The zero-order valence-corrected chi connectivity index (χ0v) is 15.6. The normalized spacial score (nSPS) is 11.4. The fourth-order valence-electron chi connectivity index (χ4n) is 1.51. The van der Waals surface area contributed by atoms with Crippen molar-refractivity contribution >= 4 is 11.4 Å². The Bertz CT molecular complexity index is 727. The van der Waals surface area contributed by atoms with Crippen LogP contribution < -0.4 is 15.8 Å². The lowest BCUT2D eigenvalue weighted by molar-refractivity contribution is -0.107. The summed E-state index contributed by atoms with van der Waals surface area (Å²) in [5, 5.41) is 21.1. The van der Waals surface area contributed by atoms with Crippen LogP contribution in [-0.4, -0.2) is 28.5 Å². The number of benzene rings is 2. The maximum Gasteiger partial charge on any atom is 0.168 e. The second-order valence-corrected chi connectivity index (χ2v) is 6.80. The number of nitrogens with one attached hydrogen (secondary N) is 1. The Balaban J connectivity index is 0.000000359. The number of anilines is 2. The maximum absolute atomic E-state index is 13.4. The first-order valence-electron chi connectivity index (χ1n) is 8.00. The highest BCUT2D eigenvalue weighted by atomic mass is 19.1. The van der Waals surface area contributed by atoms with Crippen molar-refractivity contribution in [1.29, 1.82) is 0 Å². The maximum atomic E-state index is 13.4. The largest absolute Gasteiger partial charge is 0.452 e. The Hall–Kier alpha value is -2.38. The number of hydrogen-bond acceptors (Lipinski definition) is 5. The van der Waals surface area contributed by atoms with Crippen molar-refractivity contribution in [3.05, 3.63) is 48.0 Å². The van der Waals surface area contributed by atoms with Crippen LogP contribution in [0.25, 0.3) is 0 Å². The van der Waals surface area contributed by atoms with Crippen LogP contribution in [0.2, 0.25) is 0 Å². The molecule has 0 fully saturated rings. The summed E-state index contributed by atoms with van der Waals surface area (Å²) in [5.41, 5.74) is 4.80. The van der Waals surface area contributed by atoms with Gasteiger partial charge in [0.15, 0.2) is 17.3 Å². The molecule has 0 heterocycles. The van der Waals surface area contributed by atoms with Crippen LogP contribution in [0, 0.1) is 11.6 Å². The lowest BCUT2D eigenvalue weighted by Gasteiger charge is -2.31. The van der Waals surface area contributed by atoms with Gasteiger partial charge >= 0.3 is 0 Å². The molecule has 2 aromatic rings. The highest BCUT2D eigenvalue weighted by Gasteiger charge is 2.31. The minimum Gasteiger partial charge on any atom is -0.452 e. The molecule has 5 N–H and O–H groups in total. The molecule has 2 rings (SSSR count). The van der Waals surface area contributed by atoms with E-state index in [1.165, 1.54) is 6.07 Å². The second-order valence-electron chi connectivity index (χ2n) is 6.80. The first kappa shape index (κ1) is 21.7. The molecule has 0 aliphatic carbocycles. The van der Waals surface area contributed by atoms with Crippen LogP contribution in [0.1, 0.15) is 27.7 Å². The molecule has 0 bridgehead atoms. The first-order chi connectivity index (χ1) is 11.8. The van der Waals surface area contributed by atoms with Crippen LogP contribution in [0.5, 0.6) is 11.5 Å². The lowest BCUT2D eigenvalue weighted by atomic mass is 9.90. The molecular formula is C19H26F2N2O3. The van der Waals surface area contributed by atoms with Gasteiger partial charge in [0.1, 0.15) is 5.82 Å². The molecule has 0 amide bonds. The average molecular weight is 368 g/mol. The molecule has 0 radical (unpaired) electrons. The summed E-state index contributed by atoms with van der Waals surface area (Å²) in [6.07, 6.45) is 0. The third-order valence-corrected chi connectivity index (χ3v) is 3.88. The summed E-state index contributed by atoms with van der Waals surface area (Å²) in [6.45, 7) is 6.31. The van der Waals surface area contributed by atoms with E-state index >= 15 is 0 Å². The summed E-state index contributed by atoms with van der Waals surface area (Å²) < 4.78 is 31.6. The van der Waals surface area contributed by atoms with Gasteiger partial charge < -0.3 is 26.0 Å². The number of rotatable bonds is 4. The number of nitrogens with two attached hydrogens (primary N) is 1. The topological polar surface area (TPSA) is 87.7 Å². The molecule has 144 valence electrons. The van der Waals surface area contributed by atoms with Crippen molar-refractivity contribution in [3.63, 3.8) is 0 Å². The van der Waals surface area contributed by atoms with Crippen molar-refractivity contribution in [3.8, 4) is 11.5 Å². The zero-order chi connectivity index (χ0) is 20.1. The third kappa shape index (κ3) is 6.16. The van der Waals surface area contributed by atoms with Crippen molar-refractivity contribution in [2.45, 2.75) is 38.9 Å². The van der Waals surface area contributed by atoms with Gasteiger partial charge in [-0.1, -0.05) is 0 Å². The molecule has 0 saturated carbocycles. The van der Waals surface area contributed by atoms with Crippen molar-refractivity contribution < 1.29 is 23.7 Å². The molecule has 5 nitrogen and oxygen atoms in total. The van der Waals surface area contributed by atoms with Crippen LogP contribution in [-0.2, 0) is 0 Å². The Labute approximate surface area is 152 Å². The monoisotopic (exact) mass is 368 g/mol. The van der Waals surface area contributed by atoms with Crippen LogP contribution in [0.15, 0.2) is 36.4 Å². The molecule has 0 aliphatic heterocycles. The van der Waals surface area contributed by atoms with Gasteiger partial charge in [0.25, 0.3) is 0 Å². The van der Waals surface area contributed by atoms with Crippen LogP contribution >= 0.6 is 0 Å². The highest BCUT2D eigenvalue weighted by Crippen LogP contribution is 2.32. The minimum atomic E-state index is -1.01. The Morgan fingerprint density at radius 2 is 1.46 bits per heavy atom. The Kier molecular flexibility index (Phi) is 6.94. The van der Waals surface area contributed by atoms with Gasteiger partial charge in [-0.15, -0.1) is 0 Å². The number of nitrogen functional groups attached to an aromatic ring is 1. The standard InChI is InChI=1S/C13H12F2N2O.C6H14O2/c1-17-11-7-9(16)3-5-13(11)18-12-4-2-8(14)6-10(12)15;1-5(2,7)6(3,4)8/h2-7,17H,16H2,1H3;7-8H,1-4H3. The summed E-state index contributed by atoms with van der Waals surface area (Å²) in [5.74, 6) is -1.03. The molecule has 0 saturated heterocycles. The SMILES string of the molecule is CC(C)(O)C(C)(C)O.CNc1cc(N)ccc1Oc1ccc(F)cc1F. The molecular weight excluding hydrogens is 342 g/mol. The number of aliphatic hydroxyl groups is 2. The van der Waals surface area contributed by atoms with Gasteiger partial charge in [-0.3, -0.25) is 0 Å². The van der Waals surface area contributed by atoms with E-state index in [0.29, 0.717) is 17.1 Å². The molecule has 26 heavy (non-hydrogen) atoms. The van der Waals surface area contributed by atoms with E-state index < -0.39 is 22.8 Å². The van der Waals surface area contributed by atoms with Crippen molar-refractivity contribution in [2.24, 2.45) is 0 Å². The van der Waals surface area contributed by atoms with Gasteiger partial charge in [0.05, 0.1) is 16.9 Å². The van der Waals surface area contributed by atoms with Gasteiger partial charge in [0, 0.05) is 18.8 Å². The van der Waals surface area contributed by atoms with E-state index in [9.17, 15) is 8.78 Å². The predicted octanol–water partition coefficient (Wildman–Crippen LogP) is 3.91. The first-order valence-corrected chi connectivity index (χ1v) is 8.00. The van der Waals surface area contributed by atoms with Gasteiger partial charge in [-0.2, -0.15) is 0 Å². The average Bonchev–Trinajstić information content (AvgIpc) is 2.50. The number of hydrogen-bond donors (Lipinski definition) is 4. The van der Waals surface area contributed by atoms with Crippen molar-refractivity contribution in [1.82, 2.24) is 0 Å². The van der Waals surface area contributed by atoms with Gasteiger partial charge in [-0.25, -0.2) is 8.78 Å². The quantitative estimate of drug-likeness (QED) is 0.615. The fourth-order valence-corrected chi connectivity index (χ4v) is 1.51. The van der Waals surface area contributed by atoms with Crippen LogP contribution in [0.3, 0.4) is 0 Å². The summed E-state index contributed by atoms with van der Waals surface area (Å²) in [7, 11) is 1.70. The van der Waals surface area contributed by atoms with E-state index in [0.717, 1.165) is 12.1 Å². The summed E-state index contributed by atoms with van der Waals surface area (Å²) in [4.78, 5) is 0. The van der Waals surface area contributed by atoms with Gasteiger partial charge in [-0.05, 0) is 58.0 Å². The number of halogens is 2. The highest BCUT2D eigenvalue weighted by molar-refractivity contribution is 5.64. The Morgan fingerprint density at radius 1 is 0.923 bits per heavy atom. The molecule has 0 unspecified atom stereocenters. The lowest BCUT2D eigenvalue weighted by Crippen LogP contribution is -2.44. The predicted molar refractivity (Wildman–Crippen MR) is 99.4 cm³/mol.